The maximum Gasteiger partial charge on any atom is 0.0346 e. The highest BCUT2D eigenvalue weighted by Crippen LogP contribution is 2.22. The Kier molecular flexibility index (Phi) is 5.58. The molecule has 0 bridgehead atoms. The van der Waals surface area contributed by atoms with Crippen LogP contribution >= 0.6 is 0 Å². The van der Waals surface area contributed by atoms with Gasteiger partial charge in [0, 0.05) is 12.6 Å². The van der Waals surface area contributed by atoms with E-state index in [2.05, 4.69) is 87.6 Å². The van der Waals surface area contributed by atoms with Crippen LogP contribution in [0, 0.1) is 5.92 Å². The number of benzene rings is 2. The third-order valence-corrected chi connectivity index (χ3v) is 4.00. The van der Waals surface area contributed by atoms with Crippen molar-refractivity contribution in [3.63, 3.8) is 0 Å². The van der Waals surface area contributed by atoms with Crippen LogP contribution in [-0.4, -0.2) is 0 Å². The molecule has 0 radical (unpaired) electrons. The fourth-order valence-electron chi connectivity index (χ4n) is 2.65. The molecule has 1 atom stereocenters. The van der Waals surface area contributed by atoms with Crippen LogP contribution in [0.2, 0.25) is 0 Å². The van der Waals surface area contributed by atoms with E-state index in [4.69, 9.17) is 0 Å². The van der Waals surface area contributed by atoms with Gasteiger partial charge in [0.25, 0.3) is 0 Å². The summed E-state index contributed by atoms with van der Waals surface area (Å²) in [6.07, 6.45) is 0. The summed E-state index contributed by atoms with van der Waals surface area (Å²) < 4.78 is 0. The first kappa shape index (κ1) is 15.8. The lowest BCUT2D eigenvalue weighted by molar-refractivity contribution is 0.410. The highest BCUT2D eigenvalue weighted by Gasteiger charge is 2.14. The fraction of sp³-hybridized carbons (Fsp3) is 0.400. The minimum atomic E-state index is 0.399. The summed E-state index contributed by atoms with van der Waals surface area (Å²) in [7, 11) is 0. The lowest BCUT2D eigenvalue weighted by Crippen LogP contribution is -2.25. The Bertz CT molecular complexity index is 526. The molecular weight excluding hydrogens is 254 g/mol. The van der Waals surface area contributed by atoms with Crippen LogP contribution < -0.4 is 5.32 Å². The summed E-state index contributed by atoms with van der Waals surface area (Å²) in [5.41, 5.74) is 4.12. The predicted molar refractivity (Wildman–Crippen MR) is 91.4 cm³/mol. The second kappa shape index (κ2) is 7.42. The molecular formula is C20H27N. The molecule has 2 aromatic carbocycles. The summed E-state index contributed by atoms with van der Waals surface area (Å²) in [5.74, 6) is 1.17. The van der Waals surface area contributed by atoms with Crippen molar-refractivity contribution in [1.82, 2.24) is 5.32 Å². The highest BCUT2D eigenvalue weighted by atomic mass is 14.9. The Balaban J connectivity index is 2.02. The maximum atomic E-state index is 3.70. The molecule has 1 heteroatoms. The Hall–Kier alpha value is -1.60. The standard InChI is InChI=1S/C20H27N/c1-15(2)18-12-10-17(11-13-18)14-21-20(16(3)4)19-8-6-5-7-9-19/h5-13,15-16,20-21H,14H2,1-4H3. The summed E-state index contributed by atoms with van der Waals surface area (Å²) >= 11 is 0. The van der Waals surface area contributed by atoms with Crippen molar-refractivity contribution in [2.75, 3.05) is 0 Å². The Morgan fingerprint density at radius 2 is 1.38 bits per heavy atom. The first-order valence-corrected chi connectivity index (χ1v) is 7.95. The molecule has 0 aliphatic heterocycles. The van der Waals surface area contributed by atoms with Gasteiger partial charge in [0.1, 0.15) is 0 Å². The van der Waals surface area contributed by atoms with Crippen molar-refractivity contribution >= 4 is 0 Å². The molecule has 0 aromatic heterocycles. The van der Waals surface area contributed by atoms with Gasteiger partial charge in [0.15, 0.2) is 0 Å². The molecule has 0 saturated carbocycles. The van der Waals surface area contributed by atoms with Crippen molar-refractivity contribution in [2.45, 2.75) is 46.2 Å². The molecule has 0 fully saturated rings. The van der Waals surface area contributed by atoms with Crippen molar-refractivity contribution in [3.05, 3.63) is 71.3 Å². The molecule has 0 spiro atoms. The van der Waals surface area contributed by atoms with E-state index in [1.165, 1.54) is 16.7 Å². The van der Waals surface area contributed by atoms with Crippen LogP contribution in [0.1, 0.15) is 56.3 Å². The van der Waals surface area contributed by atoms with Gasteiger partial charge >= 0.3 is 0 Å². The molecule has 0 amide bonds. The lowest BCUT2D eigenvalue weighted by Gasteiger charge is -2.23. The molecule has 1 nitrogen and oxygen atoms in total. The first-order valence-electron chi connectivity index (χ1n) is 7.95. The van der Waals surface area contributed by atoms with Crippen molar-refractivity contribution in [2.24, 2.45) is 5.92 Å². The molecule has 0 aliphatic rings. The Morgan fingerprint density at radius 1 is 0.762 bits per heavy atom. The number of hydrogen-bond donors (Lipinski definition) is 1. The summed E-state index contributed by atoms with van der Waals surface area (Å²) in [6, 6.07) is 20.1. The van der Waals surface area contributed by atoms with E-state index in [1.807, 2.05) is 0 Å². The zero-order chi connectivity index (χ0) is 15.2. The van der Waals surface area contributed by atoms with E-state index >= 15 is 0 Å². The summed E-state index contributed by atoms with van der Waals surface area (Å²) in [4.78, 5) is 0. The van der Waals surface area contributed by atoms with Gasteiger partial charge in [-0.2, -0.15) is 0 Å². The molecule has 0 aliphatic carbocycles. The molecule has 112 valence electrons. The molecule has 0 saturated heterocycles. The average molecular weight is 281 g/mol. The van der Waals surface area contributed by atoms with Gasteiger partial charge in [-0.3, -0.25) is 0 Å². The van der Waals surface area contributed by atoms with Crippen molar-refractivity contribution in [1.29, 1.82) is 0 Å². The smallest absolute Gasteiger partial charge is 0.0346 e. The Morgan fingerprint density at radius 3 is 1.90 bits per heavy atom. The van der Waals surface area contributed by atoms with Crippen LogP contribution in [0.15, 0.2) is 54.6 Å². The first-order chi connectivity index (χ1) is 10.1. The van der Waals surface area contributed by atoms with E-state index in [9.17, 15) is 0 Å². The molecule has 0 heterocycles. The van der Waals surface area contributed by atoms with E-state index in [1.54, 1.807) is 0 Å². The van der Waals surface area contributed by atoms with E-state index in [0.29, 0.717) is 17.9 Å². The fourth-order valence-corrected chi connectivity index (χ4v) is 2.65. The van der Waals surface area contributed by atoms with Gasteiger partial charge in [-0.05, 0) is 28.5 Å². The van der Waals surface area contributed by atoms with Crippen molar-refractivity contribution in [3.8, 4) is 0 Å². The zero-order valence-corrected chi connectivity index (χ0v) is 13.6. The van der Waals surface area contributed by atoms with E-state index in [0.717, 1.165) is 6.54 Å². The van der Waals surface area contributed by atoms with Crippen LogP contribution in [0.3, 0.4) is 0 Å². The van der Waals surface area contributed by atoms with Gasteiger partial charge < -0.3 is 5.32 Å². The zero-order valence-electron chi connectivity index (χ0n) is 13.6. The quantitative estimate of drug-likeness (QED) is 0.758. The maximum absolute atomic E-state index is 3.70. The summed E-state index contributed by atoms with van der Waals surface area (Å²) in [6.45, 7) is 9.92. The van der Waals surface area contributed by atoms with Gasteiger partial charge in [-0.25, -0.2) is 0 Å². The molecule has 1 unspecified atom stereocenters. The molecule has 2 rings (SSSR count). The minimum Gasteiger partial charge on any atom is -0.306 e. The van der Waals surface area contributed by atoms with E-state index < -0.39 is 0 Å². The van der Waals surface area contributed by atoms with Crippen LogP contribution in [-0.2, 0) is 6.54 Å². The lowest BCUT2D eigenvalue weighted by atomic mass is 9.95. The number of hydrogen-bond acceptors (Lipinski definition) is 1. The third kappa shape index (κ3) is 4.44. The minimum absolute atomic E-state index is 0.399. The normalized spacial score (nSPS) is 12.9. The second-order valence-corrected chi connectivity index (χ2v) is 6.41. The topological polar surface area (TPSA) is 12.0 Å². The third-order valence-electron chi connectivity index (χ3n) is 4.00. The van der Waals surface area contributed by atoms with Gasteiger partial charge in [-0.15, -0.1) is 0 Å². The number of nitrogens with one attached hydrogen (secondary N) is 1. The predicted octanol–water partition coefficient (Wildman–Crippen LogP) is 5.30. The highest BCUT2D eigenvalue weighted by molar-refractivity contribution is 5.25. The largest absolute Gasteiger partial charge is 0.306 e. The average Bonchev–Trinajstić information content (AvgIpc) is 2.48. The van der Waals surface area contributed by atoms with Crippen LogP contribution in [0.5, 0.6) is 0 Å². The van der Waals surface area contributed by atoms with E-state index in [-0.39, 0.29) is 0 Å². The second-order valence-electron chi connectivity index (χ2n) is 6.41. The number of rotatable bonds is 6. The monoisotopic (exact) mass is 281 g/mol. The molecule has 21 heavy (non-hydrogen) atoms. The SMILES string of the molecule is CC(C)c1ccc(CNC(c2ccccc2)C(C)C)cc1. The Labute approximate surface area is 129 Å². The van der Waals surface area contributed by atoms with Crippen molar-refractivity contribution < 1.29 is 0 Å². The van der Waals surface area contributed by atoms with Gasteiger partial charge in [0.05, 0.1) is 0 Å². The van der Waals surface area contributed by atoms with Gasteiger partial charge in [0.2, 0.25) is 0 Å². The molecule has 1 N–H and O–H groups in total. The van der Waals surface area contributed by atoms with Gasteiger partial charge in [-0.1, -0.05) is 82.3 Å². The molecule has 2 aromatic rings. The summed E-state index contributed by atoms with van der Waals surface area (Å²) in [5, 5.41) is 3.70. The van der Waals surface area contributed by atoms with Crippen LogP contribution in [0.4, 0.5) is 0 Å². The van der Waals surface area contributed by atoms with Crippen LogP contribution in [0.25, 0.3) is 0 Å².